The summed E-state index contributed by atoms with van der Waals surface area (Å²) in [5, 5.41) is 12.6. The molecule has 0 spiro atoms. The number of fused-ring (bicyclic) bond motifs is 1. The molecule has 5 heteroatoms. The fourth-order valence-corrected chi connectivity index (χ4v) is 6.42. The number of aryl methyl sites for hydroxylation is 1. The average Bonchev–Trinajstić information content (AvgIpc) is 3.02. The summed E-state index contributed by atoms with van der Waals surface area (Å²) < 4.78 is 16.5. The van der Waals surface area contributed by atoms with Crippen molar-refractivity contribution in [2.75, 3.05) is 39.3 Å². The molecule has 1 fully saturated rings. The van der Waals surface area contributed by atoms with Crippen molar-refractivity contribution in [2.45, 2.75) is 64.8 Å². The molecule has 1 aliphatic carbocycles. The predicted octanol–water partition coefficient (Wildman–Crippen LogP) is 5.77. The van der Waals surface area contributed by atoms with Gasteiger partial charge in [0.25, 0.3) is 0 Å². The third-order valence-electron chi connectivity index (χ3n) is 8.27. The molecule has 5 nitrogen and oxygen atoms in total. The Balaban J connectivity index is 1.64. The summed E-state index contributed by atoms with van der Waals surface area (Å²) in [5.74, 6) is 1.38. The second kappa shape index (κ2) is 10.5. The minimum absolute atomic E-state index is 0.0456. The summed E-state index contributed by atoms with van der Waals surface area (Å²) in [6.45, 7) is 8.71. The van der Waals surface area contributed by atoms with Gasteiger partial charge in [0.15, 0.2) is 6.29 Å². The van der Waals surface area contributed by atoms with E-state index in [0.29, 0.717) is 5.92 Å². The zero-order valence-corrected chi connectivity index (χ0v) is 22.3. The Morgan fingerprint density at radius 2 is 1.60 bits per heavy atom. The molecular weight excluding hydrogens is 438 g/mol. The van der Waals surface area contributed by atoms with Crippen LogP contribution in [0.2, 0.25) is 0 Å². The van der Waals surface area contributed by atoms with Gasteiger partial charge in [0.05, 0.1) is 7.11 Å². The van der Waals surface area contributed by atoms with E-state index >= 15 is 0 Å². The lowest BCUT2D eigenvalue weighted by atomic mass is 9.64. The van der Waals surface area contributed by atoms with Gasteiger partial charge in [0.1, 0.15) is 11.4 Å². The van der Waals surface area contributed by atoms with Crippen LogP contribution < -0.4 is 9.64 Å². The van der Waals surface area contributed by atoms with Crippen LogP contribution in [0.25, 0.3) is 0 Å². The Morgan fingerprint density at radius 3 is 2.17 bits per heavy atom. The van der Waals surface area contributed by atoms with Gasteiger partial charge in [0.2, 0.25) is 0 Å². The summed E-state index contributed by atoms with van der Waals surface area (Å²) in [6, 6.07) is 14.8. The molecule has 2 unspecified atom stereocenters. The molecule has 2 aliphatic rings. The van der Waals surface area contributed by atoms with E-state index < -0.39 is 5.60 Å². The van der Waals surface area contributed by atoms with E-state index in [1.54, 1.807) is 21.3 Å². The third-order valence-corrected chi connectivity index (χ3v) is 8.27. The first-order valence-corrected chi connectivity index (χ1v) is 13.0. The van der Waals surface area contributed by atoms with E-state index in [0.717, 1.165) is 62.1 Å². The summed E-state index contributed by atoms with van der Waals surface area (Å²) in [6.07, 6.45) is 4.95. The third kappa shape index (κ3) is 5.09. The zero-order chi connectivity index (χ0) is 25.2. The minimum atomic E-state index is -1.05. The number of anilines is 1. The van der Waals surface area contributed by atoms with Crippen molar-refractivity contribution < 1.29 is 19.3 Å². The molecule has 0 aromatic heterocycles. The number of methoxy groups -OCH3 is 3. The van der Waals surface area contributed by atoms with Crippen LogP contribution in [0.1, 0.15) is 63.1 Å². The van der Waals surface area contributed by atoms with Crippen LogP contribution in [0, 0.1) is 17.3 Å². The van der Waals surface area contributed by atoms with Crippen molar-refractivity contribution in [3.05, 3.63) is 59.2 Å². The molecular formula is C30H43NO4. The van der Waals surface area contributed by atoms with Gasteiger partial charge >= 0.3 is 0 Å². The highest BCUT2D eigenvalue weighted by atomic mass is 16.7. The highest BCUT2D eigenvalue weighted by Gasteiger charge is 2.47. The van der Waals surface area contributed by atoms with Crippen LogP contribution in [0.4, 0.5) is 5.69 Å². The van der Waals surface area contributed by atoms with Gasteiger partial charge in [-0.05, 0) is 78.5 Å². The van der Waals surface area contributed by atoms with Crippen molar-refractivity contribution >= 4 is 5.69 Å². The number of hydrogen-bond acceptors (Lipinski definition) is 5. The molecule has 0 saturated carbocycles. The summed E-state index contributed by atoms with van der Waals surface area (Å²) in [7, 11) is 5.14. The molecule has 1 heterocycles. The van der Waals surface area contributed by atoms with Crippen LogP contribution in [-0.2, 0) is 21.5 Å². The molecule has 1 aliphatic heterocycles. The van der Waals surface area contributed by atoms with Gasteiger partial charge in [0, 0.05) is 44.8 Å². The molecule has 2 aromatic rings. The first-order valence-electron chi connectivity index (χ1n) is 13.0. The second-order valence-electron chi connectivity index (χ2n) is 11.3. The normalized spacial score (nSPS) is 23.8. The highest BCUT2D eigenvalue weighted by Crippen LogP contribution is 2.51. The summed E-state index contributed by atoms with van der Waals surface area (Å²) in [5.41, 5.74) is 3.30. The lowest BCUT2D eigenvalue weighted by Crippen LogP contribution is -2.43. The van der Waals surface area contributed by atoms with Crippen molar-refractivity contribution in [2.24, 2.45) is 17.3 Å². The predicted molar refractivity (Wildman–Crippen MR) is 141 cm³/mol. The Bertz CT molecular complexity index is 971. The van der Waals surface area contributed by atoms with E-state index in [4.69, 9.17) is 14.2 Å². The SMILES string of the molecule is COc1ccc2c(c1)CCCC(C(C)(C)C)C2(O)c1ccc(N2CCC(C(OC)OC)CC2)cc1. The van der Waals surface area contributed by atoms with Crippen molar-refractivity contribution in [3.8, 4) is 5.75 Å². The molecule has 4 rings (SSSR count). The van der Waals surface area contributed by atoms with Gasteiger partial charge in [-0.2, -0.15) is 0 Å². The number of nitrogens with zero attached hydrogens (tertiary/aromatic N) is 1. The van der Waals surface area contributed by atoms with E-state index in [-0.39, 0.29) is 17.6 Å². The Labute approximate surface area is 211 Å². The van der Waals surface area contributed by atoms with Gasteiger partial charge in [-0.15, -0.1) is 0 Å². The number of hydrogen-bond donors (Lipinski definition) is 1. The van der Waals surface area contributed by atoms with Crippen molar-refractivity contribution in [3.63, 3.8) is 0 Å². The maximum atomic E-state index is 12.6. The molecule has 0 bridgehead atoms. The number of benzene rings is 2. The standard InChI is InChI=1S/C30H43NO4/c1-29(2,3)27-9-7-8-22-20-25(33-4)14-15-26(22)30(27,32)23-10-12-24(13-11-23)31-18-16-21(17-19-31)28(34-5)35-6/h10-15,20-21,27-28,32H,7-9,16-19H2,1-6H3. The van der Waals surface area contributed by atoms with E-state index in [2.05, 4.69) is 62.1 Å². The molecule has 2 atom stereocenters. The molecule has 1 saturated heterocycles. The maximum absolute atomic E-state index is 12.6. The average molecular weight is 482 g/mol. The number of rotatable bonds is 6. The van der Waals surface area contributed by atoms with Crippen LogP contribution in [0.5, 0.6) is 5.75 Å². The number of piperidine rings is 1. The van der Waals surface area contributed by atoms with Crippen LogP contribution >= 0.6 is 0 Å². The molecule has 0 radical (unpaired) electrons. The van der Waals surface area contributed by atoms with Crippen molar-refractivity contribution in [1.29, 1.82) is 0 Å². The van der Waals surface area contributed by atoms with Crippen molar-refractivity contribution in [1.82, 2.24) is 0 Å². The Kier molecular flexibility index (Phi) is 7.80. The van der Waals surface area contributed by atoms with Crippen LogP contribution in [0.15, 0.2) is 42.5 Å². The van der Waals surface area contributed by atoms with E-state index in [1.807, 2.05) is 6.07 Å². The second-order valence-corrected chi connectivity index (χ2v) is 11.3. The van der Waals surface area contributed by atoms with Gasteiger partial charge in [-0.3, -0.25) is 0 Å². The first kappa shape index (κ1) is 26.0. The minimum Gasteiger partial charge on any atom is -0.497 e. The highest BCUT2D eigenvalue weighted by molar-refractivity contribution is 5.52. The van der Waals surface area contributed by atoms with Gasteiger partial charge in [-0.1, -0.05) is 39.0 Å². The largest absolute Gasteiger partial charge is 0.497 e. The summed E-state index contributed by atoms with van der Waals surface area (Å²) >= 11 is 0. The van der Waals surface area contributed by atoms with E-state index in [9.17, 15) is 5.11 Å². The summed E-state index contributed by atoms with van der Waals surface area (Å²) in [4.78, 5) is 2.43. The number of aliphatic hydroxyl groups is 1. The fraction of sp³-hybridized carbons (Fsp3) is 0.600. The topological polar surface area (TPSA) is 51.2 Å². The van der Waals surface area contributed by atoms with Crippen LogP contribution in [-0.4, -0.2) is 45.8 Å². The first-order chi connectivity index (χ1) is 16.7. The number of ether oxygens (including phenoxy) is 3. The molecule has 192 valence electrons. The van der Waals surface area contributed by atoms with Gasteiger partial charge in [-0.25, -0.2) is 0 Å². The Morgan fingerprint density at radius 1 is 0.943 bits per heavy atom. The maximum Gasteiger partial charge on any atom is 0.159 e. The lowest BCUT2D eigenvalue weighted by Gasteiger charge is -2.44. The lowest BCUT2D eigenvalue weighted by molar-refractivity contribution is -0.141. The monoisotopic (exact) mass is 481 g/mol. The fourth-order valence-electron chi connectivity index (χ4n) is 6.42. The molecule has 0 amide bonds. The zero-order valence-electron chi connectivity index (χ0n) is 22.3. The quantitative estimate of drug-likeness (QED) is 0.420. The molecule has 35 heavy (non-hydrogen) atoms. The van der Waals surface area contributed by atoms with Gasteiger partial charge < -0.3 is 24.2 Å². The molecule has 2 aromatic carbocycles. The van der Waals surface area contributed by atoms with E-state index in [1.165, 1.54) is 11.3 Å². The molecule has 1 N–H and O–H groups in total. The Hall–Kier alpha value is -2.08. The smallest absolute Gasteiger partial charge is 0.159 e. The van der Waals surface area contributed by atoms with Crippen LogP contribution in [0.3, 0.4) is 0 Å².